The summed E-state index contributed by atoms with van der Waals surface area (Å²) in [5, 5.41) is 4.26. The number of rotatable bonds is 3. The average Bonchev–Trinajstić information content (AvgIpc) is 3.00. The van der Waals surface area contributed by atoms with Gasteiger partial charge in [-0.05, 0) is 16.2 Å². The van der Waals surface area contributed by atoms with Crippen LogP contribution in [-0.4, -0.2) is 9.55 Å². The normalized spacial score (nSPS) is 11.6. The van der Waals surface area contributed by atoms with Gasteiger partial charge in [0.05, 0.1) is 11.0 Å². The lowest BCUT2D eigenvalue weighted by molar-refractivity contribution is 0.684. The molecular formula is C23H22N2. The SMILES string of the molecule is C=c1c(=C)c2nc(C(C)C)n(Cc3ccccc3)c2c2ccccc12. The first kappa shape index (κ1) is 15.6. The van der Waals surface area contributed by atoms with Crippen molar-refractivity contribution in [2.24, 2.45) is 0 Å². The highest BCUT2D eigenvalue weighted by Crippen LogP contribution is 2.26. The van der Waals surface area contributed by atoms with Crippen LogP contribution in [0, 0.1) is 0 Å². The Hall–Kier alpha value is -2.87. The molecule has 0 N–H and O–H groups in total. The fourth-order valence-corrected chi connectivity index (χ4v) is 3.58. The Morgan fingerprint density at radius 1 is 0.880 bits per heavy atom. The minimum Gasteiger partial charge on any atom is -0.323 e. The Labute approximate surface area is 147 Å². The Kier molecular flexibility index (Phi) is 3.69. The zero-order valence-electron chi connectivity index (χ0n) is 14.8. The summed E-state index contributed by atoms with van der Waals surface area (Å²) in [5.74, 6) is 1.43. The zero-order valence-corrected chi connectivity index (χ0v) is 14.8. The van der Waals surface area contributed by atoms with Crippen molar-refractivity contribution in [3.05, 3.63) is 76.4 Å². The molecule has 4 rings (SSSR count). The number of hydrogen-bond donors (Lipinski definition) is 0. The van der Waals surface area contributed by atoms with Crippen LogP contribution in [0.3, 0.4) is 0 Å². The van der Waals surface area contributed by atoms with Crippen molar-refractivity contribution in [2.75, 3.05) is 0 Å². The van der Waals surface area contributed by atoms with E-state index in [1.165, 1.54) is 16.5 Å². The summed E-state index contributed by atoms with van der Waals surface area (Å²) in [6.45, 7) is 13.7. The van der Waals surface area contributed by atoms with Crippen LogP contribution in [0.5, 0.6) is 0 Å². The van der Waals surface area contributed by atoms with Gasteiger partial charge in [0, 0.05) is 23.1 Å². The van der Waals surface area contributed by atoms with Gasteiger partial charge in [-0.1, -0.05) is 81.6 Å². The molecule has 0 aliphatic heterocycles. The molecule has 0 saturated carbocycles. The summed E-state index contributed by atoms with van der Waals surface area (Å²) in [7, 11) is 0. The van der Waals surface area contributed by atoms with Gasteiger partial charge in [0.1, 0.15) is 5.82 Å². The first-order valence-electron chi connectivity index (χ1n) is 8.70. The van der Waals surface area contributed by atoms with Crippen molar-refractivity contribution >= 4 is 35.0 Å². The Morgan fingerprint density at radius 2 is 1.52 bits per heavy atom. The second-order valence-corrected chi connectivity index (χ2v) is 6.90. The van der Waals surface area contributed by atoms with Crippen molar-refractivity contribution in [1.82, 2.24) is 9.55 Å². The molecule has 0 fully saturated rings. The lowest BCUT2D eigenvalue weighted by Gasteiger charge is -2.13. The van der Waals surface area contributed by atoms with Crippen molar-refractivity contribution in [3.63, 3.8) is 0 Å². The third-order valence-electron chi connectivity index (χ3n) is 4.85. The zero-order chi connectivity index (χ0) is 17.6. The minimum atomic E-state index is 0.336. The van der Waals surface area contributed by atoms with Crippen LogP contribution in [0.25, 0.3) is 35.0 Å². The van der Waals surface area contributed by atoms with Gasteiger partial charge in [-0.15, -0.1) is 0 Å². The standard InChI is InChI=1S/C23H22N2/c1-15(2)23-24-21-17(4)16(3)19-12-8-9-13-20(19)22(21)25(23)14-18-10-6-5-7-11-18/h5-13,15H,3-4,14H2,1-2H3. The van der Waals surface area contributed by atoms with Crippen LogP contribution in [0.2, 0.25) is 0 Å². The maximum absolute atomic E-state index is 4.98. The van der Waals surface area contributed by atoms with Gasteiger partial charge in [-0.3, -0.25) is 0 Å². The number of aromatic nitrogens is 2. The Bertz CT molecular complexity index is 1170. The quantitative estimate of drug-likeness (QED) is 0.552. The topological polar surface area (TPSA) is 17.8 Å². The van der Waals surface area contributed by atoms with E-state index in [-0.39, 0.29) is 0 Å². The van der Waals surface area contributed by atoms with Crippen LogP contribution >= 0.6 is 0 Å². The van der Waals surface area contributed by atoms with Gasteiger partial charge in [0.2, 0.25) is 0 Å². The molecule has 0 aliphatic carbocycles. The van der Waals surface area contributed by atoms with Crippen LogP contribution < -0.4 is 10.4 Å². The molecule has 0 saturated heterocycles. The smallest absolute Gasteiger partial charge is 0.112 e. The second-order valence-electron chi connectivity index (χ2n) is 6.90. The third kappa shape index (κ3) is 2.45. The number of imidazole rings is 1. The maximum atomic E-state index is 4.98. The predicted molar refractivity (Wildman–Crippen MR) is 107 cm³/mol. The molecule has 0 spiro atoms. The first-order chi connectivity index (χ1) is 12.1. The van der Waals surface area contributed by atoms with E-state index in [4.69, 9.17) is 4.98 Å². The van der Waals surface area contributed by atoms with Crippen molar-refractivity contribution in [1.29, 1.82) is 0 Å². The van der Waals surface area contributed by atoms with Crippen LogP contribution in [-0.2, 0) is 6.54 Å². The average molecular weight is 326 g/mol. The molecule has 0 atom stereocenters. The minimum absolute atomic E-state index is 0.336. The molecule has 1 heterocycles. The van der Waals surface area contributed by atoms with Gasteiger partial charge in [0.15, 0.2) is 0 Å². The second kappa shape index (κ2) is 5.89. The number of hydrogen-bond acceptors (Lipinski definition) is 1. The highest BCUT2D eigenvalue weighted by atomic mass is 15.1. The molecule has 124 valence electrons. The molecule has 3 aromatic carbocycles. The highest BCUT2D eigenvalue weighted by molar-refractivity contribution is 6.05. The predicted octanol–water partition coefficient (Wildman–Crippen LogP) is 4.18. The van der Waals surface area contributed by atoms with E-state index in [9.17, 15) is 0 Å². The number of fused-ring (bicyclic) bond motifs is 3. The molecule has 0 aliphatic rings. The maximum Gasteiger partial charge on any atom is 0.112 e. The van der Waals surface area contributed by atoms with Crippen molar-refractivity contribution in [2.45, 2.75) is 26.3 Å². The Morgan fingerprint density at radius 3 is 2.20 bits per heavy atom. The van der Waals surface area contributed by atoms with E-state index in [1.54, 1.807) is 0 Å². The Balaban J connectivity index is 2.14. The fraction of sp³-hybridized carbons (Fsp3) is 0.174. The summed E-state index contributed by atoms with van der Waals surface area (Å²) >= 11 is 0. The van der Waals surface area contributed by atoms with Crippen molar-refractivity contribution < 1.29 is 0 Å². The highest BCUT2D eigenvalue weighted by Gasteiger charge is 2.17. The molecule has 0 radical (unpaired) electrons. The van der Waals surface area contributed by atoms with E-state index in [0.29, 0.717) is 5.92 Å². The molecular weight excluding hydrogens is 304 g/mol. The first-order valence-corrected chi connectivity index (χ1v) is 8.70. The summed E-state index contributed by atoms with van der Waals surface area (Å²) < 4.78 is 2.35. The van der Waals surface area contributed by atoms with E-state index >= 15 is 0 Å². The molecule has 2 heteroatoms. The van der Waals surface area contributed by atoms with Crippen LogP contribution in [0.4, 0.5) is 0 Å². The van der Waals surface area contributed by atoms with Crippen LogP contribution in [0.1, 0.15) is 31.2 Å². The van der Waals surface area contributed by atoms with Crippen molar-refractivity contribution in [3.8, 4) is 0 Å². The lowest BCUT2D eigenvalue weighted by atomic mass is 10.0. The van der Waals surface area contributed by atoms with Gasteiger partial charge in [-0.25, -0.2) is 4.98 Å². The fourth-order valence-electron chi connectivity index (χ4n) is 3.58. The van der Waals surface area contributed by atoms with E-state index in [1.807, 2.05) is 0 Å². The van der Waals surface area contributed by atoms with Gasteiger partial charge < -0.3 is 4.57 Å². The summed E-state index contributed by atoms with van der Waals surface area (Å²) in [4.78, 5) is 4.98. The molecule has 1 aromatic heterocycles. The summed E-state index contributed by atoms with van der Waals surface area (Å²) in [6.07, 6.45) is 0. The van der Waals surface area contributed by atoms with Gasteiger partial charge >= 0.3 is 0 Å². The van der Waals surface area contributed by atoms with Gasteiger partial charge in [-0.2, -0.15) is 0 Å². The largest absolute Gasteiger partial charge is 0.323 e. The molecule has 25 heavy (non-hydrogen) atoms. The monoisotopic (exact) mass is 326 g/mol. The molecule has 0 unspecified atom stereocenters. The summed E-state index contributed by atoms with van der Waals surface area (Å²) in [6, 6.07) is 19.0. The van der Waals surface area contributed by atoms with E-state index in [2.05, 4.69) is 86.2 Å². The molecule has 0 bridgehead atoms. The lowest BCUT2D eigenvalue weighted by Crippen LogP contribution is -2.23. The molecule has 4 aromatic rings. The van der Waals surface area contributed by atoms with Crippen LogP contribution in [0.15, 0.2) is 54.6 Å². The third-order valence-corrected chi connectivity index (χ3v) is 4.85. The molecule has 2 nitrogen and oxygen atoms in total. The number of benzene rings is 3. The van der Waals surface area contributed by atoms with E-state index in [0.717, 1.165) is 33.7 Å². The van der Waals surface area contributed by atoms with E-state index < -0.39 is 0 Å². The number of nitrogens with zero attached hydrogens (tertiary/aromatic N) is 2. The molecule has 0 amide bonds. The van der Waals surface area contributed by atoms with Gasteiger partial charge in [0.25, 0.3) is 0 Å². The summed E-state index contributed by atoms with van der Waals surface area (Å²) in [5.41, 5.74) is 3.42.